The van der Waals surface area contributed by atoms with Crippen LogP contribution in [0.1, 0.15) is 5.56 Å². The first-order valence-electron chi connectivity index (χ1n) is 11.1. The molecule has 0 unspecified atom stereocenters. The van der Waals surface area contributed by atoms with Crippen molar-refractivity contribution in [3.05, 3.63) is 84.5 Å². The number of aromatic nitrogens is 2. The minimum atomic E-state index is -0.568. The van der Waals surface area contributed by atoms with E-state index in [1.807, 2.05) is 6.07 Å². The first-order valence-corrected chi connectivity index (χ1v) is 11.7. The molecule has 37 heavy (non-hydrogen) atoms. The number of aldehydes is 1. The van der Waals surface area contributed by atoms with E-state index in [-0.39, 0.29) is 23.9 Å². The Labute approximate surface area is 217 Å². The first kappa shape index (κ1) is 25.6. The maximum atomic E-state index is 15.0. The summed E-state index contributed by atoms with van der Waals surface area (Å²) >= 11 is 5.60. The quantitative estimate of drug-likeness (QED) is 0.155. The Balaban J connectivity index is 1.60. The molecule has 8 nitrogen and oxygen atoms in total. The first-order chi connectivity index (χ1) is 18.0. The van der Waals surface area contributed by atoms with Crippen molar-refractivity contribution >= 4 is 51.9 Å². The number of nitrogens with one attached hydrogen (secondary N) is 2. The number of benzene rings is 3. The van der Waals surface area contributed by atoms with E-state index in [0.717, 1.165) is 11.8 Å². The van der Waals surface area contributed by atoms with Crippen LogP contribution in [0.5, 0.6) is 17.2 Å². The summed E-state index contributed by atoms with van der Waals surface area (Å²) in [5.74, 6) is 0.753. The zero-order valence-electron chi connectivity index (χ0n) is 19.7. The number of alkyl halides is 1. The SMILES string of the molecule is COc1cc2ncnc(Nc3ccc(Oc4cccc(CC=O)c4)cc3F)c2cc1NC(=O)/C=C/CCl. The van der Waals surface area contributed by atoms with Crippen LogP contribution in [-0.4, -0.2) is 35.2 Å². The third-order valence-electron chi connectivity index (χ3n) is 5.22. The topological polar surface area (TPSA) is 102 Å². The number of halogens is 2. The van der Waals surface area contributed by atoms with Crippen LogP contribution < -0.4 is 20.1 Å². The predicted molar refractivity (Wildman–Crippen MR) is 141 cm³/mol. The minimum absolute atomic E-state index is 0.161. The molecule has 1 heterocycles. The maximum absolute atomic E-state index is 15.0. The van der Waals surface area contributed by atoms with Gasteiger partial charge in [0.1, 0.15) is 41.5 Å². The smallest absolute Gasteiger partial charge is 0.248 e. The number of rotatable bonds is 10. The molecule has 4 aromatic rings. The average Bonchev–Trinajstić information content (AvgIpc) is 2.89. The molecule has 0 aliphatic heterocycles. The van der Waals surface area contributed by atoms with Gasteiger partial charge < -0.3 is 24.9 Å². The third-order valence-corrected chi connectivity index (χ3v) is 5.40. The van der Waals surface area contributed by atoms with Crippen LogP contribution in [0.3, 0.4) is 0 Å². The number of anilines is 3. The number of hydrogen-bond donors (Lipinski definition) is 2. The van der Waals surface area contributed by atoms with Crippen LogP contribution in [0.25, 0.3) is 10.9 Å². The Morgan fingerprint density at radius 2 is 1.92 bits per heavy atom. The molecule has 0 radical (unpaired) electrons. The second-order valence-electron chi connectivity index (χ2n) is 7.72. The van der Waals surface area contributed by atoms with Crippen LogP contribution >= 0.6 is 11.6 Å². The van der Waals surface area contributed by atoms with Crippen LogP contribution in [0.4, 0.5) is 21.6 Å². The summed E-state index contributed by atoms with van der Waals surface area (Å²) in [6.45, 7) is 0. The predicted octanol–water partition coefficient (Wildman–Crippen LogP) is 5.79. The van der Waals surface area contributed by atoms with Gasteiger partial charge in [-0.05, 0) is 35.9 Å². The van der Waals surface area contributed by atoms with Gasteiger partial charge in [0.05, 0.1) is 24.0 Å². The monoisotopic (exact) mass is 520 g/mol. The molecule has 1 amide bonds. The molecular formula is C27H22ClFN4O4. The zero-order valence-corrected chi connectivity index (χ0v) is 20.5. The van der Waals surface area contributed by atoms with E-state index in [4.69, 9.17) is 21.1 Å². The van der Waals surface area contributed by atoms with Crippen molar-refractivity contribution < 1.29 is 23.5 Å². The summed E-state index contributed by atoms with van der Waals surface area (Å²) in [5.41, 5.74) is 1.87. The largest absolute Gasteiger partial charge is 0.494 e. The minimum Gasteiger partial charge on any atom is -0.494 e. The lowest BCUT2D eigenvalue weighted by Crippen LogP contribution is -2.09. The van der Waals surface area contributed by atoms with Gasteiger partial charge in [-0.1, -0.05) is 18.2 Å². The fraction of sp³-hybridized carbons (Fsp3) is 0.111. The van der Waals surface area contributed by atoms with Gasteiger partial charge in [0, 0.05) is 35.9 Å². The Bertz CT molecular complexity index is 1480. The number of allylic oxidation sites excluding steroid dienone is 1. The van der Waals surface area contributed by atoms with Crippen molar-refractivity contribution in [2.75, 3.05) is 23.6 Å². The van der Waals surface area contributed by atoms with E-state index < -0.39 is 5.82 Å². The van der Waals surface area contributed by atoms with Gasteiger partial charge in [-0.3, -0.25) is 4.79 Å². The van der Waals surface area contributed by atoms with Crippen molar-refractivity contribution in [3.8, 4) is 17.2 Å². The van der Waals surface area contributed by atoms with Crippen molar-refractivity contribution in [1.29, 1.82) is 0 Å². The van der Waals surface area contributed by atoms with Gasteiger partial charge in [0.15, 0.2) is 0 Å². The van der Waals surface area contributed by atoms with Crippen molar-refractivity contribution in [3.63, 3.8) is 0 Å². The number of amides is 1. The van der Waals surface area contributed by atoms with Gasteiger partial charge >= 0.3 is 0 Å². The van der Waals surface area contributed by atoms with Gasteiger partial charge in [-0.25, -0.2) is 14.4 Å². The van der Waals surface area contributed by atoms with Crippen LogP contribution in [0.2, 0.25) is 0 Å². The summed E-state index contributed by atoms with van der Waals surface area (Å²) in [6.07, 6.45) is 5.24. The van der Waals surface area contributed by atoms with Crippen molar-refractivity contribution in [2.24, 2.45) is 0 Å². The Morgan fingerprint density at radius 1 is 1.08 bits per heavy atom. The summed E-state index contributed by atoms with van der Waals surface area (Å²) in [6, 6.07) is 14.7. The van der Waals surface area contributed by atoms with Crippen LogP contribution in [0.15, 0.2) is 73.1 Å². The normalized spacial score (nSPS) is 10.9. The fourth-order valence-corrected chi connectivity index (χ4v) is 3.62. The van der Waals surface area contributed by atoms with Gasteiger partial charge in [0.25, 0.3) is 0 Å². The summed E-state index contributed by atoms with van der Waals surface area (Å²) in [7, 11) is 1.48. The number of carbonyl (C=O) groups excluding carboxylic acids is 2. The number of methoxy groups -OCH3 is 1. The van der Waals surface area contributed by atoms with E-state index in [0.29, 0.717) is 39.7 Å². The Hall–Kier alpha value is -4.50. The molecule has 0 atom stereocenters. The Morgan fingerprint density at radius 3 is 2.68 bits per heavy atom. The van der Waals surface area contributed by atoms with Crippen LogP contribution in [-0.2, 0) is 16.0 Å². The molecule has 0 saturated carbocycles. The molecule has 2 N–H and O–H groups in total. The number of nitrogens with zero attached hydrogens (tertiary/aromatic N) is 2. The van der Waals surface area contributed by atoms with Gasteiger partial charge in [-0.15, -0.1) is 11.6 Å². The molecule has 188 valence electrons. The lowest BCUT2D eigenvalue weighted by molar-refractivity contribution is -0.112. The van der Waals surface area contributed by atoms with Crippen LogP contribution in [0, 0.1) is 5.82 Å². The highest BCUT2D eigenvalue weighted by Crippen LogP contribution is 2.34. The lowest BCUT2D eigenvalue weighted by atomic mass is 10.1. The van der Waals surface area contributed by atoms with E-state index in [1.165, 1.54) is 37.7 Å². The third kappa shape index (κ3) is 6.39. The highest BCUT2D eigenvalue weighted by molar-refractivity contribution is 6.19. The highest BCUT2D eigenvalue weighted by Gasteiger charge is 2.14. The molecule has 10 heteroatoms. The molecule has 0 aliphatic rings. The molecule has 0 spiro atoms. The molecule has 0 saturated heterocycles. The molecule has 3 aromatic carbocycles. The zero-order chi connectivity index (χ0) is 26.2. The van der Waals surface area contributed by atoms with Crippen molar-refractivity contribution in [2.45, 2.75) is 6.42 Å². The summed E-state index contributed by atoms with van der Waals surface area (Å²) < 4.78 is 26.1. The molecule has 0 aliphatic carbocycles. The summed E-state index contributed by atoms with van der Waals surface area (Å²) in [5, 5.41) is 6.24. The average molecular weight is 521 g/mol. The maximum Gasteiger partial charge on any atom is 0.248 e. The number of hydrogen-bond acceptors (Lipinski definition) is 7. The van der Waals surface area contributed by atoms with E-state index in [1.54, 1.807) is 36.4 Å². The second-order valence-corrected chi connectivity index (χ2v) is 8.03. The summed E-state index contributed by atoms with van der Waals surface area (Å²) in [4.78, 5) is 31.4. The number of ether oxygens (including phenoxy) is 2. The molecule has 1 aromatic heterocycles. The van der Waals surface area contributed by atoms with Gasteiger partial charge in [0.2, 0.25) is 5.91 Å². The van der Waals surface area contributed by atoms with Crippen molar-refractivity contribution in [1.82, 2.24) is 9.97 Å². The van der Waals surface area contributed by atoms with E-state index in [2.05, 4.69) is 20.6 Å². The molecule has 4 rings (SSSR count). The highest BCUT2D eigenvalue weighted by atomic mass is 35.5. The van der Waals surface area contributed by atoms with Gasteiger partial charge in [-0.2, -0.15) is 0 Å². The second kappa shape index (κ2) is 12.0. The Kier molecular flexibility index (Phi) is 8.27. The number of fused-ring (bicyclic) bond motifs is 1. The molecule has 0 bridgehead atoms. The molecular weight excluding hydrogens is 499 g/mol. The van der Waals surface area contributed by atoms with E-state index >= 15 is 0 Å². The fourth-order valence-electron chi connectivity index (χ4n) is 3.53. The lowest BCUT2D eigenvalue weighted by Gasteiger charge is -2.14. The number of carbonyl (C=O) groups is 2. The molecule has 0 fully saturated rings. The standard InChI is InChI=1S/C27H22ClFN4O4/c1-36-25-15-23-20(14-24(25)32-26(35)6-3-10-28)27(31-16-30-23)33-22-8-7-19(13-21(22)29)37-18-5-2-4-17(12-18)9-11-34/h2-8,11-16H,9-10H2,1H3,(H,32,35)(H,30,31,33)/b6-3+. The van der Waals surface area contributed by atoms with E-state index in [9.17, 15) is 14.0 Å².